The highest BCUT2D eigenvalue weighted by Crippen LogP contribution is 2.37. The summed E-state index contributed by atoms with van der Waals surface area (Å²) < 4.78 is 12.0. The molecule has 10 heteroatoms. The standard InChI is InChI=1S/C29H40BN3O6/c1-11-24(27(4,5)6)32(26(35)21-15-18(2)14-19(3)16-21)31-25(34)20-12-13-22(23(17-20)33(36)37)30-38-28(7,8)29(9,10)39-30/h12-17,24H,11H2,1-10H3,(H,31,34). The lowest BCUT2D eigenvalue weighted by Crippen LogP contribution is -2.56. The van der Waals surface area contributed by atoms with Gasteiger partial charge in [0.25, 0.3) is 17.5 Å². The van der Waals surface area contributed by atoms with Crippen LogP contribution in [0.5, 0.6) is 0 Å². The van der Waals surface area contributed by atoms with Gasteiger partial charge in [0, 0.05) is 17.2 Å². The molecule has 2 aromatic rings. The number of nitro benzene ring substituents is 1. The molecule has 210 valence electrons. The highest BCUT2D eigenvalue weighted by molar-refractivity contribution is 6.63. The topological polar surface area (TPSA) is 111 Å². The lowest BCUT2D eigenvalue weighted by atomic mass is 9.77. The fourth-order valence-electron chi connectivity index (χ4n) is 4.88. The van der Waals surface area contributed by atoms with Crippen molar-refractivity contribution in [2.24, 2.45) is 5.41 Å². The van der Waals surface area contributed by atoms with Gasteiger partial charge in [-0.25, -0.2) is 5.01 Å². The number of rotatable bonds is 6. The van der Waals surface area contributed by atoms with E-state index in [1.54, 1.807) is 12.1 Å². The molecule has 0 aromatic heterocycles. The Morgan fingerprint density at radius 1 is 1.00 bits per heavy atom. The van der Waals surface area contributed by atoms with Crippen LogP contribution in [0.3, 0.4) is 0 Å². The van der Waals surface area contributed by atoms with Gasteiger partial charge in [0.05, 0.1) is 27.6 Å². The fourth-order valence-corrected chi connectivity index (χ4v) is 4.88. The number of hydrazine groups is 1. The Bertz CT molecular complexity index is 1250. The first-order chi connectivity index (χ1) is 17.9. The molecular weight excluding hydrogens is 497 g/mol. The maximum Gasteiger partial charge on any atom is 0.501 e. The summed E-state index contributed by atoms with van der Waals surface area (Å²) in [6.45, 7) is 19.2. The molecule has 0 aliphatic carbocycles. The third kappa shape index (κ3) is 6.33. The Balaban J connectivity index is 1.99. The first kappa shape index (κ1) is 30.3. The molecule has 0 bridgehead atoms. The summed E-state index contributed by atoms with van der Waals surface area (Å²) in [4.78, 5) is 38.7. The Kier molecular flexibility index (Phi) is 8.34. The van der Waals surface area contributed by atoms with Crippen LogP contribution in [0.25, 0.3) is 0 Å². The van der Waals surface area contributed by atoms with Crippen LogP contribution in [0.4, 0.5) is 5.69 Å². The Hall–Kier alpha value is -3.24. The minimum atomic E-state index is -0.958. The van der Waals surface area contributed by atoms with Gasteiger partial charge in [-0.1, -0.05) is 51.0 Å². The third-order valence-electron chi connectivity index (χ3n) is 7.60. The van der Waals surface area contributed by atoms with Crippen molar-refractivity contribution in [3.05, 3.63) is 68.8 Å². The van der Waals surface area contributed by atoms with Crippen LogP contribution in [-0.4, -0.2) is 46.1 Å². The van der Waals surface area contributed by atoms with E-state index in [1.807, 2.05) is 75.3 Å². The molecule has 0 spiro atoms. The lowest BCUT2D eigenvalue weighted by Gasteiger charge is -2.39. The van der Waals surface area contributed by atoms with Crippen molar-refractivity contribution in [3.63, 3.8) is 0 Å². The molecular formula is C29H40BN3O6. The van der Waals surface area contributed by atoms with Crippen molar-refractivity contribution in [1.29, 1.82) is 0 Å². The Labute approximate surface area is 231 Å². The van der Waals surface area contributed by atoms with E-state index in [2.05, 4.69) is 5.43 Å². The molecule has 1 fully saturated rings. The van der Waals surface area contributed by atoms with Crippen molar-refractivity contribution in [3.8, 4) is 0 Å². The van der Waals surface area contributed by atoms with E-state index in [9.17, 15) is 19.7 Å². The SMILES string of the molecule is CCC(N(NC(=O)c1ccc(B2OC(C)(C)C(C)(C)O2)c([N+](=O)[O-])c1)C(=O)c1cc(C)cc(C)c1)C(C)(C)C. The molecule has 1 atom stereocenters. The molecule has 1 unspecified atom stereocenters. The number of aryl methyl sites for hydroxylation is 2. The summed E-state index contributed by atoms with van der Waals surface area (Å²) in [5.74, 6) is -0.973. The molecule has 1 N–H and O–H groups in total. The van der Waals surface area contributed by atoms with Gasteiger partial charge in [-0.3, -0.25) is 25.1 Å². The summed E-state index contributed by atoms with van der Waals surface area (Å²) in [5.41, 5.74) is 3.34. The van der Waals surface area contributed by atoms with E-state index in [0.717, 1.165) is 11.1 Å². The minimum Gasteiger partial charge on any atom is -0.399 e. The van der Waals surface area contributed by atoms with Gasteiger partial charge in [0.1, 0.15) is 0 Å². The van der Waals surface area contributed by atoms with E-state index in [1.165, 1.54) is 23.2 Å². The zero-order valence-corrected chi connectivity index (χ0v) is 24.7. The molecule has 9 nitrogen and oxygen atoms in total. The smallest absolute Gasteiger partial charge is 0.399 e. The van der Waals surface area contributed by atoms with Crippen LogP contribution >= 0.6 is 0 Å². The first-order valence-electron chi connectivity index (χ1n) is 13.2. The van der Waals surface area contributed by atoms with Gasteiger partial charge in [-0.15, -0.1) is 0 Å². The molecule has 1 saturated heterocycles. The molecule has 0 saturated carbocycles. The summed E-state index contributed by atoms with van der Waals surface area (Å²) in [6, 6.07) is 9.37. The van der Waals surface area contributed by atoms with Gasteiger partial charge < -0.3 is 9.31 Å². The number of hydrogen-bond acceptors (Lipinski definition) is 6. The van der Waals surface area contributed by atoms with Gasteiger partial charge in [-0.2, -0.15) is 0 Å². The van der Waals surface area contributed by atoms with Crippen molar-refractivity contribution in [2.75, 3.05) is 0 Å². The Morgan fingerprint density at radius 3 is 2.00 bits per heavy atom. The zero-order chi connectivity index (χ0) is 29.5. The quantitative estimate of drug-likeness (QED) is 0.311. The number of carbonyl (C=O) groups excluding carboxylic acids is 2. The van der Waals surface area contributed by atoms with E-state index in [-0.39, 0.29) is 34.1 Å². The number of nitro groups is 1. The number of hydrogen-bond donors (Lipinski definition) is 1. The number of carbonyl (C=O) groups is 2. The van der Waals surface area contributed by atoms with E-state index in [0.29, 0.717) is 12.0 Å². The van der Waals surface area contributed by atoms with Crippen molar-refractivity contribution in [2.45, 2.75) is 92.9 Å². The average molecular weight is 537 g/mol. The summed E-state index contributed by atoms with van der Waals surface area (Å²) in [6.07, 6.45) is 0.585. The van der Waals surface area contributed by atoms with Crippen LogP contribution in [0.2, 0.25) is 0 Å². The normalized spacial score (nSPS) is 17.0. The predicted octanol–water partition coefficient (Wildman–Crippen LogP) is 5.12. The molecule has 2 aromatic carbocycles. The second-order valence-electron chi connectivity index (χ2n) is 12.4. The van der Waals surface area contributed by atoms with E-state index in [4.69, 9.17) is 9.31 Å². The second-order valence-corrected chi connectivity index (χ2v) is 12.4. The van der Waals surface area contributed by atoms with Crippen molar-refractivity contribution in [1.82, 2.24) is 10.4 Å². The van der Waals surface area contributed by atoms with Crippen LogP contribution in [0.1, 0.15) is 93.7 Å². The highest BCUT2D eigenvalue weighted by atomic mass is 16.7. The molecule has 2 amide bonds. The molecule has 1 aliphatic rings. The minimum absolute atomic E-state index is 0.0453. The van der Waals surface area contributed by atoms with Crippen LogP contribution in [0.15, 0.2) is 36.4 Å². The van der Waals surface area contributed by atoms with Crippen LogP contribution in [-0.2, 0) is 9.31 Å². The second kappa shape index (κ2) is 10.7. The monoisotopic (exact) mass is 537 g/mol. The molecule has 39 heavy (non-hydrogen) atoms. The van der Waals surface area contributed by atoms with E-state index < -0.39 is 29.2 Å². The number of amides is 2. The fraction of sp³-hybridized carbons (Fsp3) is 0.517. The maximum absolute atomic E-state index is 13.8. The summed E-state index contributed by atoms with van der Waals surface area (Å²) >= 11 is 0. The predicted molar refractivity (Wildman–Crippen MR) is 152 cm³/mol. The molecule has 1 heterocycles. The van der Waals surface area contributed by atoms with Gasteiger partial charge in [-0.05, 0) is 71.6 Å². The number of nitrogens with one attached hydrogen (secondary N) is 1. The van der Waals surface area contributed by atoms with Gasteiger partial charge in [0.15, 0.2) is 0 Å². The van der Waals surface area contributed by atoms with Gasteiger partial charge >= 0.3 is 7.12 Å². The van der Waals surface area contributed by atoms with Crippen molar-refractivity contribution >= 4 is 30.1 Å². The number of benzene rings is 2. The Morgan fingerprint density at radius 2 is 1.54 bits per heavy atom. The molecule has 1 aliphatic heterocycles. The van der Waals surface area contributed by atoms with Crippen molar-refractivity contribution < 1.29 is 23.8 Å². The first-order valence-corrected chi connectivity index (χ1v) is 13.2. The maximum atomic E-state index is 13.8. The molecule has 3 rings (SSSR count). The van der Waals surface area contributed by atoms with Gasteiger partial charge in [0.2, 0.25) is 0 Å². The largest absolute Gasteiger partial charge is 0.501 e. The lowest BCUT2D eigenvalue weighted by molar-refractivity contribution is -0.383. The zero-order valence-electron chi connectivity index (χ0n) is 24.7. The molecule has 0 radical (unpaired) electrons. The number of nitrogens with zero attached hydrogens (tertiary/aromatic N) is 2. The average Bonchev–Trinajstić information content (AvgIpc) is 3.02. The highest BCUT2D eigenvalue weighted by Gasteiger charge is 2.53. The summed E-state index contributed by atoms with van der Waals surface area (Å²) in [7, 11) is -0.958. The third-order valence-corrected chi connectivity index (χ3v) is 7.60. The summed E-state index contributed by atoms with van der Waals surface area (Å²) in [5, 5.41) is 13.4. The van der Waals surface area contributed by atoms with E-state index >= 15 is 0 Å². The van der Waals surface area contributed by atoms with Crippen LogP contribution < -0.4 is 10.9 Å². The van der Waals surface area contributed by atoms with Crippen LogP contribution in [0, 0.1) is 29.4 Å².